The Morgan fingerprint density at radius 1 is 1.30 bits per heavy atom. The van der Waals surface area contributed by atoms with Crippen molar-refractivity contribution in [3.8, 4) is 0 Å². The van der Waals surface area contributed by atoms with E-state index in [1.54, 1.807) is 34.0 Å². The standard InChI is InChI=1S/C18H21FN6O2/c19-14-3-1-2-13(10-14)11-25-16(4-5-21-25)22-18(27)24-9-8-23-7-6-20-17(26)15(23)12-24/h1-5,10,15H,6-9,11-12H2,(H,20,26)(H,22,27)/t15-/m0/s1. The van der Waals surface area contributed by atoms with Gasteiger partial charge in [-0.05, 0) is 17.7 Å². The van der Waals surface area contributed by atoms with E-state index in [-0.39, 0.29) is 23.8 Å². The van der Waals surface area contributed by atoms with Crippen molar-refractivity contribution in [1.82, 2.24) is 24.9 Å². The molecule has 0 aliphatic carbocycles. The number of amides is 3. The average molecular weight is 372 g/mol. The molecule has 3 amide bonds. The minimum Gasteiger partial charge on any atom is -0.353 e. The number of rotatable bonds is 3. The van der Waals surface area contributed by atoms with Gasteiger partial charge in [-0.25, -0.2) is 13.9 Å². The molecule has 9 heteroatoms. The maximum absolute atomic E-state index is 13.4. The number of piperazine rings is 2. The normalized spacial score (nSPS) is 20.1. The molecule has 0 unspecified atom stereocenters. The highest BCUT2D eigenvalue weighted by molar-refractivity contribution is 5.90. The maximum atomic E-state index is 13.4. The number of hydrogen-bond acceptors (Lipinski definition) is 4. The molecular weight excluding hydrogens is 351 g/mol. The van der Waals surface area contributed by atoms with Gasteiger partial charge in [-0.2, -0.15) is 5.10 Å². The van der Waals surface area contributed by atoms with E-state index in [0.717, 1.165) is 12.1 Å². The molecule has 2 aliphatic heterocycles. The van der Waals surface area contributed by atoms with Crippen LogP contribution in [0.15, 0.2) is 36.5 Å². The van der Waals surface area contributed by atoms with Gasteiger partial charge in [0, 0.05) is 38.8 Å². The van der Waals surface area contributed by atoms with E-state index in [2.05, 4.69) is 20.6 Å². The number of hydrogen-bond donors (Lipinski definition) is 2. The number of fused-ring (bicyclic) bond motifs is 1. The van der Waals surface area contributed by atoms with Gasteiger partial charge in [-0.15, -0.1) is 0 Å². The highest BCUT2D eigenvalue weighted by Crippen LogP contribution is 2.16. The van der Waals surface area contributed by atoms with Gasteiger partial charge in [0.1, 0.15) is 17.7 Å². The largest absolute Gasteiger partial charge is 0.353 e. The summed E-state index contributed by atoms with van der Waals surface area (Å²) in [4.78, 5) is 28.5. The van der Waals surface area contributed by atoms with Crippen molar-refractivity contribution >= 4 is 17.8 Å². The molecule has 142 valence electrons. The van der Waals surface area contributed by atoms with E-state index in [1.165, 1.54) is 12.1 Å². The Balaban J connectivity index is 1.42. The van der Waals surface area contributed by atoms with Crippen LogP contribution in [0, 0.1) is 5.82 Å². The van der Waals surface area contributed by atoms with Crippen molar-refractivity contribution in [2.75, 3.05) is 38.0 Å². The van der Waals surface area contributed by atoms with Crippen molar-refractivity contribution in [3.05, 3.63) is 47.9 Å². The smallest absolute Gasteiger partial charge is 0.323 e. The van der Waals surface area contributed by atoms with E-state index in [0.29, 0.717) is 38.5 Å². The van der Waals surface area contributed by atoms with Crippen LogP contribution in [0.4, 0.5) is 15.0 Å². The molecule has 27 heavy (non-hydrogen) atoms. The van der Waals surface area contributed by atoms with Crippen molar-refractivity contribution < 1.29 is 14.0 Å². The first-order valence-corrected chi connectivity index (χ1v) is 8.94. The van der Waals surface area contributed by atoms with E-state index in [4.69, 9.17) is 0 Å². The Morgan fingerprint density at radius 2 is 2.19 bits per heavy atom. The minimum absolute atomic E-state index is 0.0325. The number of carbonyl (C=O) groups excluding carboxylic acids is 2. The summed E-state index contributed by atoms with van der Waals surface area (Å²) >= 11 is 0. The zero-order valence-electron chi connectivity index (χ0n) is 14.8. The molecule has 2 N–H and O–H groups in total. The third-order valence-corrected chi connectivity index (χ3v) is 4.95. The van der Waals surface area contributed by atoms with Gasteiger partial charge in [0.2, 0.25) is 5.91 Å². The molecule has 3 heterocycles. The molecule has 0 spiro atoms. The fourth-order valence-corrected chi connectivity index (χ4v) is 3.52. The lowest BCUT2D eigenvalue weighted by molar-refractivity contribution is -0.131. The fourth-order valence-electron chi connectivity index (χ4n) is 3.52. The molecule has 1 aromatic carbocycles. The SMILES string of the molecule is O=C1NCCN2CCN(C(=O)Nc3ccnn3Cc3cccc(F)c3)C[C@@H]12. The maximum Gasteiger partial charge on any atom is 0.323 e. The van der Waals surface area contributed by atoms with Crippen LogP contribution in [0.5, 0.6) is 0 Å². The van der Waals surface area contributed by atoms with Crippen molar-refractivity contribution in [3.63, 3.8) is 0 Å². The Kier molecular flexibility index (Phi) is 4.76. The van der Waals surface area contributed by atoms with Crippen LogP contribution in [0.25, 0.3) is 0 Å². The fraction of sp³-hybridized carbons (Fsp3) is 0.389. The molecule has 2 saturated heterocycles. The number of nitrogens with one attached hydrogen (secondary N) is 2. The highest BCUT2D eigenvalue weighted by atomic mass is 19.1. The predicted octanol–water partition coefficient (Wildman–Crippen LogP) is 0.718. The third-order valence-electron chi connectivity index (χ3n) is 4.95. The average Bonchev–Trinajstić information content (AvgIpc) is 3.08. The molecule has 8 nitrogen and oxygen atoms in total. The number of aromatic nitrogens is 2. The quantitative estimate of drug-likeness (QED) is 0.832. The van der Waals surface area contributed by atoms with Crippen LogP contribution in [0.1, 0.15) is 5.56 Å². The number of carbonyl (C=O) groups is 2. The summed E-state index contributed by atoms with van der Waals surface area (Å²) in [5, 5.41) is 9.90. The molecule has 0 radical (unpaired) electrons. The van der Waals surface area contributed by atoms with Crippen molar-refractivity contribution in [1.29, 1.82) is 0 Å². The summed E-state index contributed by atoms with van der Waals surface area (Å²) in [6.45, 7) is 3.41. The molecular formula is C18H21FN6O2. The van der Waals surface area contributed by atoms with E-state index < -0.39 is 0 Å². The zero-order chi connectivity index (χ0) is 18.8. The Bertz CT molecular complexity index is 854. The summed E-state index contributed by atoms with van der Waals surface area (Å²) in [5.74, 6) is 0.184. The number of nitrogens with zero attached hydrogens (tertiary/aromatic N) is 4. The Morgan fingerprint density at radius 3 is 3.04 bits per heavy atom. The van der Waals surface area contributed by atoms with Gasteiger partial charge in [0.05, 0.1) is 12.7 Å². The summed E-state index contributed by atoms with van der Waals surface area (Å²) in [6.07, 6.45) is 1.58. The summed E-state index contributed by atoms with van der Waals surface area (Å²) in [5.41, 5.74) is 0.752. The number of anilines is 1. The van der Waals surface area contributed by atoms with Crippen LogP contribution in [-0.4, -0.2) is 70.3 Å². The molecule has 1 atom stereocenters. The molecule has 2 fully saturated rings. The third kappa shape index (κ3) is 3.77. The molecule has 0 bridgehead atoms. The lowest BCUT2D eigenvalue weighted by Crippen LogP contribution is -2.64. The topological polar surface area (TPSA) is 82.5 Å². The molecule has 4 rings (SSSR count). The Hall–Kier alpha value is -2.94. The van der Waals surface area contributed by atoms with E-state index in [1.807, 2.05) is 0 Å². The number of benzene rings is 1. The van der Waals surface area contributed by atoms with Crippen LogP contribution in [-0.2, 0) is 11.3 Å². The second-order valence-corrected chi connectivity index (χ2v) is 6.72. The minimum atomic E-state index is -0.311. The summed E-state index contributed by atoms with van der Waals surface area (Å²) in [6, 6.07) is 7.40. The number of urea groups is 1. The van der Waals surface area contributed by atoms with Gasteiger partial charge in [-0.1, -0.05) is 12.1 Å². The van der Waals surface area contributed by atoms with Gasteiger partial charge >= 0.3 is 6.03 Å². The van der Waals surface area contributed by atoms with Gasteiger partial charge in [0.25, 0.3) is 0 Å². The van der Waals surface area contributed by atoms with Crippen LogP contribution in [0.2, 0.25) is 0 Å². The first-order valence-electron chi connectivity index (χ1n) is 8.94. The first kappa shape index (κ1) is 17.5. The summed E-state index contributed by atoms with van der Waals surface area (Å²) in [7, 11) is 0. The molecule has 0 saturated carbocycles. The van der Waals surface area contributed by atoms with E-state index in [9.17, 15) is 14.0 Å². The predicted molar refractivity (Wildman–Crippen MR) is 96.7 cm³/mol. The Labute approximate surface area is 155 Å². The van der Waals surface area contributed by atoms with E-state index >= 15 is 0 Å². The van der Waals surface area contributed by atoms with Gasteiger partial charge < -0.3 is 10.2 Å². The van der Waals surface area contributed by atoms with Crippen LogP contribution < -0.4 is 10.6 Å². The summed E-state index contributed by atoms with van der Waals surface area (Å²) < 4.78 is 15.0. The van der Waals surface area contributed by atoms with Crippen LogP contribution >= 0.6 is 0 Å². The first-order chi connectivity index (χ1) is 13.1. The molecule has 1 aromatic heterocycles. The van der Waals surface area contributed by atoms with Crippen molar-refractivity contribution in [2.45, 2.75) is 12.6 Å². The second kappa shape index (κ2) is 7.36. The molecule has 2 aliphatic rings. The van der Waals surface area contributed by atoms with Crippen LogP contribution in [0.3, 0.4) is 0 Å². The lowest BCUT2D eigenvalue weighted by atomic mass is 10.1. The number of halogens is 1. The monoisotopic (exact) mass is 372 g/mol. The van der Waals surface area contributed by atoms with Crippen molar-refractivity contribution in [2.24, 2.45) is 0 Å². The second-order valence-electron chi connectivity index (χ2n) is 6.72. The van der Waals surface area contributed by atoms with Gasteiger partial charge in [0.15, 0.2) is 0 Å². The highest BCUT2D eigenvalue weighted by Gasteiger charge is 2.36. The molecule has 2 aromatic rings. The lowest BCUT2D eigenvalue weighted by Gasteiger charge is -2.42. The van der Waals surface area contributed by atoms with Gasteiger partial charge in [-0.3, -0.25) is 15.0 Å². The zero-order valence-corrected chi connectivity index (χ0v) is 14.8.